The second-order valence-corrected chi connectivity index (χ2v) is 9.00. The third-order valence-electron chi connectivity index (χ3n) is 6.40. The Hall–Kier alpha value is -4.89. The predicted molar refractivity (Wildman–Crippen MR) is 152 cm³/mol. The van der Waals surface area contributed by atoms with Crippen molar-refractivity contribution in [3.05, 3.63) is 139 Å². The molecular formula is C34H25N3. The Kier molecular flexibility index (Phi) is 6.10. The van der Waals surface area contributed by atoms with E-state index in [1.54, 1.807) is 0 Å². The van der Waals surface area contributed by atoms with Crippen LogP contribution in [-0.4, -0.2) is 15.0 Å². The highest BCUT2D eigenvalue weighted by Gasteiger charge is 2.11. The van der Waals surface area contributed by atoms with Gasteiger partial charge >= 0.3 is 0 Å². The van der Waals surface area contributed by atoms with Gasteiger partial charge < -0.3 is 0 Å². The van der Waals surface area contributed by atoms with Crippen LogP contribution in [0.15, 0.2) is 133 Å². The molecule has 0 unspecified atom stereocenters. The van der Waals surface area contributed by atoms with Gasteiger partial charge in [-0.25, -0.2) is 15.0 Å². The van der Waals surface area contributed by atoms with Crippen LogP contribution in [0.4, 0.5) is 0 Å². The Balaban J connectivity index is 1.40. The van der Waals surface area contributed by atoms with Crippen LogP contribution in [0.5, 0.6) is 0 Å². The summed E-state index contributed by atoms with van der Waals surface area (Å²) >= 11 is 0. The molecule has 5 aromatic carbocycles. The summed E-state index contributed by atoms with van der Waals surface area (Å²) in [6.45, 7) is 1.91. The molecule has 0 aliphatic heterocycles. The van der Waals surface area contributed by atoms with Crippen molar-refractivity contribution >= 4 is 0 Å². The van der Waals surface area contributed by atoms with Crippen molar-refractivity contribution in [2.45, 2.75) is 6.92 Å². The summed E-state index contributed by atoms with van der Waals surface area (Å²) in [4.78, 5) is 13.9. The molecule has 176 valence electrons. The summed E-state index contributed by atoms with van der Waals surface area (Å²) in [5, 5.41) is 0. The minimum atomic E-state index is 0.681. The summed E-state index contributed by atoms with van der Waals surface area (Å²) in [5.41, 5.74) is 9.06. The minimum Gasteiger partial charge on any atom is -0.213 e. The van der Waals surface area contributed by atoms with E-state index in [0.29, 0.717) is 17.5 Å². The first-order valence-electron chi connectivity index (χ1n) is 12.4. The van der Waals surface area contributed by atoms with Gasteiger partial charge in [-0.05, 0) is 58.5 Å². The Morgan fingerprint density at radius 1 is 0.324 bits per heavy atom. The van der Waals surface area contributed by atoms with Crippen molar-refractivity contribution in [2.75, 3.05) is 0 Å². The summed E-state index contributed by atoms with van der Waals surface area (Å²) in [6.07, 6.45) is 0. The van der Waals surface area contributed by atoms with Gasteiger partial charge in [0.15, 0.2) is 11.6 Å². The molecule has 0 spiro atoms. The highest BCUT2D eigenvalue weighted by Crippen LogP contribution is 2.33. The van der Waals surface area contributed by atoms with Crippen molar-refractivity contribution in [1.82, 2.24) is 15.0 Å². The van der Waals surface area contributed by atoms with Gasteiger partial charge in [0.2, 0.25) is 0 Å². The number of aryl methyl sites for hydroxylation is 1. The first-order chi connectivity index (χ1) is 18.2. The molecule has 1 heterocycles. The zero-order chi connectivity index (χ0) is 25.0. The lowest BCUT2D eigenvalue weighted by atomic mass is 9.93. The molecule has 6 aromatic rings. The van der Waals surface area contributed by atoms with Crippen LogP contribution in [-0.2, 0) is 0 Å². The first kappa shape index (κ1) is 22.6. The highest BCUT2D eigenvalue weighted by atomic mass is 15.0. The summed E-state index contributed by atoms with van der Waals surface area (Å²) < 4.78 is 0. The lowest BCUT2D eigenvalue weighted by molar-refractivity contribution is 0.992. The quantitative estimate of drug-likeness (QED) is 0.251. The molecule has 3 nitrogen and oxygen atoms in total. The molecule has 0 bridgehead atoms. The Labute approximate surface area is 217 Å². The summed E-state index contributed by atoms with van der Waals surface area (Å²) in [5.74, 6) is 2.08. The smallest absolute Gasteiger partial charge is 0.163 e. The second-order valence-electron chi connectivity index (χ2n) is 9.00. The van der Waals surface area contributed by atoms with E-state index in [4.69, 9.17) is 4.98 Å². The van der Waals surface area contributed by atoms with Gasteiger partial charge in [-0.15, -0.1) is 0 Å². The average molecular weight is 476 g/mol. The molecule has 1 aromatic heterocycles. The number of rotatable bonds is 5. The maximum atomic E-state index is 4.76. The molecule has 37 heavy (non-hydrogen) atoms. The zero-order valence-corrected chi connectivity index (χ0v) is 20.5. The Bertz CT molecular complexity index is 1590. The maximum Gasteiger partial charge on any atom is 0.163 e. The second kappa shape index (κ2) is 10.00. The van der Waals surface area contributed by atoms with E-state index >= 15 is 0 Å². The molecule has 0 radical (unpaired) electrons. The van der Waals surface area contributed by atoms with Gasteiger partial charge in [0.25, 0.3) is 0 Å². The van der Waals surface area contributed by atoms with Gasteiger partial charge in [-0.1, -0.05) is 115 Å². The van der Waals surface area contributed by atoms with E-state index in [-0.39, 0.29) is 0 Å². The van der Waals surface area contributed by atoms with Crippen LogP contribution in [0.2, 0.25) is 0 Å². The monoisotopic (exact) mass is 475 g/mol. The van der Waals surface area contributed by atoms with Crippen LogP contribution in [0.3, 0.4) is 0 Å². The molecule has 6 rings (SSSR count). The van der Waals surface area contributed by atoms with E-state index < -0.39 is 0 Å². The number of hydrogen-bond acceptors (Lipinski definition) is 3. The predicted octanol–water partition coefficient (Wildman–Crippen LogP) is 8.52. The van der Waals surface area contributed by atoms with E-state index in [2.05, 4.69) is 113 Å². The van der Waals surface area contributed by atoms with Crippen molar-refractivity contribution in [1.29, 1.82) is 0 Å². The van der Waals surface area contributed by atoms with Gasteiger partial charge in [0.05, 0.1) is 0 Å². The zero-order valence-electron chi connectivity index (χ0n) is 20.5. The molecule has 0 atom stereocenters. The molecular weight excluding hydrogens is 450 g/mol. The molecule has 0 saturated carbocycles. The number of nitrogens with zero attached hydrogens (tertiary/aromatic N) is 3. The van der Waals surface area contributed by atoms with Crippen molar-refractivity contribution in [2.24, 2.45) is 0 Å². The fraction of sp³-hybridized carbons (Fsp3) is 0.0294. The van der Waals surface area contributed by atoms with Gasteiger partial charge in [0, 0.05) is 11.1 Å². The molecule has 3 heteroatoms. The van der Waals surface area contributed by atoms with Crippen molar-refractivity contribution < 1.29 is 0 Å². The maximum absolute atomic E-state index is 4.76. The third kappa shape index (κ3) is 4.93. The van der Waals surface area contributed by atoms with Gasteiger partial charge in [-0.3, -0.25) is 0 Å². The van der Waals surface area contributed by atoms with Crippen LogP contribution >= 0.6 is 0 Å². The van der Waals surface area contributed by atoms with E-state index in [9.17, 15) is 0 Å². The fourth-order valence-electron chi connectivity index (χ4n) is 4.53. The van der Waals surface area contributed by atoms with E-state index in [1.165, 1.54) is 27.8 Å². The van der Waals surface area contributed by atoms with Crippen LogP contribution < -0.4 is 0 Å². The minimum absolute atomic E-state index is 0.681. The van der Waals surface area contributed by atoms with Crippen molar-refractivity contribution in [3.8, 4) is 56.2 Å². The molecule has 0 fully saturated rings. The van der Waals surface area contributed by atoms with Gasteiger partial charge in [-0.2, -0.15) is 0 Å². The standard InChI is InChI=1S/C34H25N3/c1-24-35-33(28-15-9-4-10-16-28)37-34(36-24)29-19-17-27(18-20-29)32-22-30(25-11-5-2-6-12-25)21-31(23-32)26-13-7-3-8-14-26/h2-23H,1H3. The van der Waals surface area contributed by atoms with Crippen LogP contribution in [0.25, 0.3) is 56.2 Å². The largest absolute Gasteiger partial charge is 0.213 e. The fourth-order valence-corrected chi connectivity index (χ4v) is 4.53. The Morgan fingerprint density at radius 2 is 0.649 bits per heavy atom. The highest BCUT2D eigenvalue weighted by molar-refractivity contribution is 5.81. The molecule has 0 N–H and O–H groups in total. The molecule has 0 saturated heterocycles. The lowest BCUT2D eigenvalue weighted by Crippen LogP contribution is -1.99. The normalized spacial score (nSPS) is 10.8. The van der Waals surface area contributed by atoms with Crippen molar-refractivity contribution in [3.63, 3.8) is 0 Å². The number of benzene rings is 5. The van der Waals surface area contributed by atoms with E-state index in [1.807, 2.05) is 37.3 Å². The lowest BCUT2D eigenvalue weighted by Gasteiger charge is -2.12. The average Bonchev–Trinajstić information content (AvgIpc) is 2.98. The molecule has 0 aliphatic rings. The summed E-state index contributed by atoms with van der Waals surface area (Å²) in [6, 6.07) is 46.4. The van der Waals surface area contributed by atoms with Crippen LogP contribution in [0, 0.1) is 6.92 Å². The Morgan fingerprint density at radius 3 is 1.08 bits per heavy atom. The number of hydrogen-bond donors (Lipinski definition) is 0. The molecule has 0 aliphatic carbocycles. The molecule has 0 amide bonds. The SMILES string of the molecule is Cc1nc(-c2ccccc2)nc(-c2ccc(-c3cc(-c4ccccc4)cc(-c4ccccc4)c3)cc2)n1. The van der Waals surface area contributed by atoms with E-state index in [0.717, 1.165) is 16.7 Å². The summed E-state index contributed by atoms with van der Waals surface area (Å²) in [7, 11) is 0. The first-order valence-corrected chi connectivity index (χ1v) is 12.4. The van der Waals surface area contributed by atoms with Gasteiger partial charge in [0.1, 0.15) is 5.82 Å². The van der Waals surface area contributed by atoms with Crippen LogP contribution in [0.1, 0.15) is 5.82 Å². The number of aromatic nitrogens is 3. The third-order valence-corrected chi connectivity index (χ3v) is 6.40. The topological polar surface area (TPSA) is 38.7 Å².